The number of nitrogens with zero attached hydrogens (tertiary/aromatic N) is 2. The Morgan fingerprint density at radius 2 is 1.71 bits per heavy atom. The van der Waals surface area contributed by atoms with Crippen LogP contribution in [0.4, 0.5) is 10.5 Å². The van der Waals surface area contributed by atoms with Crippen molar-refractivity contribution >= 4 is 23.3 Å². The first-order chi connectivity index (χ1) is 15.0. The van der Waals surface area contributed by atoms with Gasteiger partial charge in [-0.05, 0) is 43.2 Å². The molecule has 0 saturated carbocycles. The van der Waals surface area contributed by atoms with Crippen molar-refractivity contribution in [2.75, 3.05) is 5.32 Å². The Morgan fingerprint density at radius 1 is 0.968 bits per heavy atom. The number of urea groups is 1. The number of benzene rings is 3. The van der Waals surface area contributed by atoms with Gasteiger partial charge in [0.15, 0.2) is 0 Å². The van der Waals surface area contributed by atoms with Gasteiger partial charge >= 0.3 is 6.03 Å². The topological polar surface area (TPSA) is 80.0 Å². The third-order valence-corrected chi connectivity index (χ3v) is 5.16. The Bertz CT molecular complexity index is 1210. The normalized spacial score (nSPS) is 11.7. The number of aromatic nitrogens is 2. The molecule has 3 aromatic carbocycles. The molecule has 2 amide bonds. The van der Waals surface area contributed by atoms with Crippen molar-refractivity contribution in [3.05, 3.63) is 100 Å². The molecule has 1 aromatic heterocycles. The van der Waals surface area contributed by atoms with Crippen molar-refractivity contribution in [3.63, 3.8) is 0 Å². The summed E-state index contributed by atoms with van der Waals surface area (Å²) in [5, 5.41) is 14.7. The molecule has 0 aliphatic heterocycles. The monoisotopic (exact) mass is 432 g/mol. The third-order valence-electron chi connectivity index (χ3n) is 4.83. The number of carbonyl (C=O) groups is 1. The molecule has 4 aromatic rings. The van der Waals surface area contributed by atoms with E-state index in [4.69, 9.17) is 16.0 Å². The summed E-state index contributed by atoms with van der Waals surface area (Å²) in [6.45, 7) is 3.96. The maximum atomic E-state index is 12.8. The summed E-state index contributed by atoms with van der Waals surface area (Å²) in [6, 6.07) is 21.5. The summed E-state index contributed by atoms with van der Waals surface area (Å²) in [5.41, 5.74) is 4.29. The van der Waals surface area contributed by atoms with Crippen molar-refractivity contribution < 1.29 is 9.21 Å². The lowest BCUT2D eigenvalue weighted by atomic mass is 10.1. The van der Waals surface area contributed by atoms with Gasteiger partial charge in [0.05, 0.1) is 10.6 Å². The Hall–Kier alpha value is -3.64. The van der Waals surface area contributed by atoms with Crippen LogP contribution in [-0.4, -0.2) is 16.2 Å². The molecule has 0 unspecified atom stereocenters. The van der Waals surface area contributed by atoms with E-state index in [1.807, 2.05) is 74.5 Å². The first kappa shape index (κ1) is 20.6. The molecule has 0 aliphatic rings. The Balaban J connectivity index is 1.61. The molecule has 0 aliphatic carbocycles. The van der Waals surface area contributed by atoms with Crippen LogP contribution in [0.3, 0.4) is 0 Å². The van der Waals surface area contributed by atoms with Gasteiger partial charge in [0.2, 0.25) is 11.8 Å². The van der Waals surface area contributed by atoms with Crippen LogP contribution in [0.15, 0.2) is 77.2 Å². The van der Waals surface area contributed by atoms with Crippen LogP contribution < -0.4 is 10.6 Å². The van der Waals surface area contributed by atoms with Gasteiger partial charge in [-0.25, -0.2) is 4.79 Å². The van der Waals surface area contributed by atoms with E-state index in [2.05, 4.69) is 20.8 Å². The SMILES string of the molecule is Cc1ccc(NC(=O)N[C@H](c2ccccc2)c2nnc(-c3ccccc3Cl)o2)c(C)c1. The number of hydrogen-bond donors (Lipinski definition) is 2. The van der Waals surface area contributed by atoms with Gasteiger partial charge in [-0.2, -0.15) is 0 Å². The zero-order chi connectivity index (χ0) is 21.8. The van der Waals surface area contributed by atoms with Crippen molar-refractivity contribution in [2.45, 2.75) is 19.9 Å². The molecule has 0 saturated heterocycles. The van der Waals surface area contributed by atoms with Gasteiger partial charge < -0.3 is 15.1 Å². The minimum absolute atomic E-state index is 0.261. The maximum absolute atomic E-state index is 12.8. The molecule has 2 N–H and O–H groups in total. The van der Waals surface area contributed by atoms with Crippen LogP contribution in [-0.2, 0) is 0 Å². The number of nitrogens with one attached hydrogen (secondary N) is 2. The first-order valence-corrected chi connectivity index (χ1v) is 10.2. The van der Waals surface area contributed by atoms with Gasteiger partial charge in [-0.3, -0.25) is 0 Å². The Morgan fingerprint density at radius 3 is 2.45 bits per heavy atom. The van der Waals surface area contributed by atoms with Crippen LogP contribution in [0.1, 0.15) is 28.6 Å². The predicted molar refractivity (Wildman–Crippen MR) is 121 cm³/mol. The van der Waals surface area contributed by atoms with Gasteiger partial charge in [0.1, 0.15) is 6.04 Å². The van der Waals surface area contributed by atoms with E-state index >= 15 is 0 Å². The van der Waals surface area contributed by atoms with Gasteiger partial charge in [-0.1, -0.05) is 71.8 Å². The van der Waals surface area contributed by atoms with Gasteiger partial charge in [0, 0.05) is 5.69 Å². The highest BCUT2D eigenvalue weighted by Crippen LogP contribution is 2.29. The average molecular weight is 433 g/mol. The minimum atomic E-state index is -0.629. The molecule has 0 radical (unpaired) electrons. The average Bonchev–Trinajstić information content (AvgIpc) is 3.25. The molecule has 7 heteroatoms. The van der Waals surface area contributed by atoms with Crippen LogP contribution in [0, 0.1) is 13.8 Å². The standard InChI is InChI=1S/C24H21ClN4O2/c1-15-12-13-20(16(2)14-15)26-24(30)27-21(17-8-4-3-5-9-17)23-29-28-22(31-23)18-10-6-7-11-19(18)25/h3-14,21H,1-2H3,(H2,26,27,30)/t21-/m1/s1. The van der Waals surface area contributed by atoms with E-state index in [-0.39, 0.29) is 17.8 Å². The quantitative estimate of drug-likeness (QED) is 0.410. The number of amides is 2. The molecule has 156 valence electrons. The predicted octanol–water partition coefficient (Wildman–Crippen LogP) is 5.92. The number of rotatable bonds is 5. The molecular formula is C24H21ClN4O2. The summed E-state index contributed by atoms with van der Waals surface area (Å²) in [4.78, 5) is 12.8. The number of hydrogen-bond acceptors (Lipinski definition) is 4. The highest BCUT2D eigenvalue weighted by molar-refractivity contribution is 6.33. The zero-order valence-corrected chi connectivity index (χ0v) is 17.9. The summed E-state index contributed by atoms with van der Waals surface area (Å²) >= 11 is 6.26. The minimum Gasteiger partial charge on any atom is -0.418 e. The lowest BCUT2D eigenvalue weighted by Gasteiger charge is -2.17. The first-order valence-electron chi connectivity index (χ1n) is 9.79. The highest BCUT2D eigenvalue weighted by Gasteiger charge is 2.24. The number of halogens is 1. The van der Waals surface area contributed by atoms with E-state index in [1.54, 1.807) is 12.1 Å². The lowest BCUT2D eigenvalue weighted by Crippen LogP contribution is -2.33. The van der Waals surface area contributed by atoms with Crippen molar-refractivity contribution in [1.29, 1.82) is 0 Å². The second kappa shape index (κ2) is 9.02. The van der Waals surface area contributed by atoms with Gasteiger partial charge in [0.25, 0.3) is 0 Å². The maximum Gasteiger partial charge on any atom is 0.320 e. The van der Waals surface area contributed by atoms with E-state index in [1.165, 1.54) is 0 Å². The van der Waals surface area contributed by atoms with Crippen molar-refractivity contribution in [3.8, 4) is 11.5 Å². The Kier molecular flexibility index (Phi) is 6.00. The number of carbonyl (C=O) groups excluding carboxylic acids is 1. The summed E-state index contributed by atoms with van der Waals surface area (Å²) in [6.07, 6.45) is 0. The van der Waals surface area contributed by atoms with E-state index in [0.29, 0.717) is 10.6 Å². The van der Waals surface area contributed by atoms with Crippen molar-refractivity contribution in [1.82, 2.24) is 15.5 Å². The number of anilines is 1. The molecule has 4 rings (SSSR count). The fourth-order valence-corrected chi connectivity index (χ4v) is 3.49. The molecule has 6 nitrogen and oxygen atoms in total. The molecular weight excluding hydrogens is 412 g/mol. The van der Waals surface area contributed by atoms with E-state index in [9.17, 15) is 4.79 Å². The van der Waals surface area contributed by atoms with E-state index < -0.39 is 6.04 Å². The second-order valence-electron chi connectivity index (χ2n) is 7.19. The molecule has 0 spiro atoms. The highest BCUT2D eigenvalue weighted by atomic mass is 35.5. The Labute approximate surface area is 185 Å². The lowest BCUT2D eigenvalue weighted by molar-refractivity contribution is 0.248. The third kappa shape index (κ3) is 4.75. The fourth-order valence-electron chi connectivity index (χ4n) is 3.27. The van der Waals surface area contributed by atoms with Crippen LogP contribution in [0.25, 0.3) is 11.5 Å². The van der Waals surface area contributed by atoms with Gasteiger partial charge in [-0.15, -0.1) is 10.2 Å². The fraction of sp³-hybridized carbons (Fsp3) is 0.125. The van der Waals surface area contributed by atoms with Crippen LogP contribution >= 0.6 is 11.6 Å². The smallest absolute Gasteiger partial charge is 0.320 e. The van der Waals surface area contributed by atoms with Crippen LogP contribution in [0.2, 0.25) is 5.02 Å². The second-order valence-corrected chi connectivity index (χ2v) is 7.59. The molecule has 1 heterocycles. The molecule has 1 atom stereocenters. The van der Waals surface area contributed by atoms with Crippen molar-refractivity contribution in [2.24, 2.45) is 0 Å². The summed E-state index contributed by atoms with van der Waals surface area (Å²) < 4.78 is 5.91. The largest absolute Gasteiger partial charge is 0.418 e. The number of aryl methyl sites for hydroxylation is 2. The molecule has 31 heavy (non-hydrogen) atoms. The van der Waals surface area contributed by atoms with Crippen LogP contribution in [0.5, 0.6) is 0 Å². The van der Waals surface area contributed by atoms with E-state index in [0.717, 1.165) is 22.4 Å². The summed E-state index contributed by atoms with van der Waals surface area (Å²) in [5.74, 6) is 0.551. The molecule has 0 bridgehead atoms. The molecule has 0 fully saturated rings. The summed E-state index contributed by atoms with van der Waals surface area (Å²) in [7, 11) is 0. The zero-order valence-electron chi connectivity index (χ0n) is 17.1.